The zero-order chi connectivity index (χ0) is 26.1. The van der Waals surface area contributed by atoms with Gasteiger partial charge in [-0.25, -0.2) is 8.78 Å². The number of fused-ring (bicyclic) bond motifs is 1. The Labute approximate surface area is 221 Å². The van der Waals surface area contributed by atoms with Crippen LogP contribution in [-0.2, 0) is 0 Å². The van der Waals surface area contributed by atoms with Crippen molar-refractivity contribution < 1.29 is 8.78 Å². The van der Waals surface area contributed by atoms with Gasteiger partial charge in [0.2, 0.25) is 0 Å². The Hall–Kier alpha value is -4.76. The Bertz CT molecular complexity index is 1740. The van der Waals surface area contributed by atoms with E-state index in [-0.39, 0.29) is 0 Å². The first-order valence-electron chi connectivity index (χ1n) is 12.6. The van der Waals surface area contributed by atoms with Gasteiger partial charge in [-0.2, -0.15) is 0 Å². The van der Waals surface area contributed by atoms with Gasteiger partial charge in [-0.3, -0.25) is 0 Å². The molecule has 3 heteroatoms. The molecular weight excluding hydrogens is 472 g/mol. The van der Waals surface area contributed by atoms with Crippen LogP contribution in [-0.4, -0.2) is 7.05 Å². The van der Waals surface area contributed by atoms with Crippen LogP contribution in [0.3, 0.4) is 0 Å². The maximum absolute atomic E-state index is 16.3. The fraction of sp³-hybridized carbons (Fsp3) is 0.0286. The molecule has 6 aromatic carbocycles. The summed E-state index contributed by atoms with van der Waals surface area (Å²) in [5.74, 6) is -0.797. The topological polar surface area (TPSA) is 3.24 Å². The molecular formula is C35H25F2N. The maximum atomic E-state index is 16.3. The normalized spacial score (nSPS) is 11.0. The fourth-order valence-electron chi connectivity index (χ4n) is 5.12. The van der Waals surface area contributed by atoms with Crippen molar-refractivity contribution in [3.8, 4) is 33.4 Å². The highest BCUT2D eigenvalue weighted by Gasteiger charge is 2.22. The highest BCUT2D eigenvalue weighted by atomic mass is 19.1. The molecule has 0 heterocycles. The second kappa shape index (κ2) is 9.95. The minimum atomic E-state index is -0.406. The third kappa shape index (κ3) is 4.22. The number of para-hydroxylation sites is 1. The molecule has 0 bridgehead atoms. The van der Waals surface area contributed by atoms with Crippen LogP contribution in [0.4, 0.5) is 20.2 Å². The molecule has 6 rings (SSSR count). The number of benzene rings is 6. The fourth-order valence-corrected chi connectivity index (χ4v) is 5.12. The number of halogens is 2. The SMILES string of the molecule is CN(c1ccccc1F)c1c(-c2ccc(-c3cccc4ccccc34)cc2)ccc(-c2ccccc2)c1F. The van der Waals surface area contributed by atoms with Crippen LogP contribution >= 0.6 is 0 Å². The molecule has 38 heavy (non-hydrogen) atoms. The Balaban J connectivity index is 1.49. The predicted octanol–water partition coefficient (Wildman–Crippen LogP) is 9.89. The lowest BCUT2D eigenvalue weighted by atomic mass is 9.94. The third-order valence-electron chi connectivity index (χ3n) is 7.05. The minimum absolute atomic E-state index is 0.310. The summed E-state index contributed by atoms with van der Waals surface area (Å²) >= 11 is 0. The minimum Gasteiger partial charge on any atom is -0.339 e. The molecule has 0 N–H and O–H groups in total. The molecule has 6 aromatic rings. The first kappa shape index (κ1) is 23.6. The molecule has 0 aliphatic carbocycles. The Morgan fingerprint density at radius 1 is 0.474 bits per heavy atom. The van der Waals surface area contributed by atoms with Gasteiger partial charge in [0, 0.05) is 18.2 Å². The molecule has 0 fully saturated rings. The molecule has 0 saturated carbocycles. The van der Waals surface area contributed by atoms with Crippen molar-refractivity contribution in [3.05, 3.63) is 145 Å². The summed E-state index contributed by atoms with van der Waals surface area (Å²) in [6.45, 7) is 0. The van der Waals surface area contributed by atoms with E-state index in [2.05, 4.69) is 42.5 Å². The zero-order valence-corrected chi connectivity index (χ0v) is 20.9. The molecule has 0 spiro atoms. The van der Waals surface area contributed by atoms with Crippen LogP contribution in [0.15, 0.2) is 133 Å². The van der Waals surface area contributed by atoms with Crippen LogP contribution in [0.2, 0.25) is 0 Å². The second-order valence-corrected chi connectivity index (χ2v) is 9.30. The first-order valence-corrected chi connectivity index (χ1v) is 12.6. The average Bonchev–Trinajstić information content (AvgIpc) is 2.97. The zero-order valence-electron chi connectivity index (χ0n) is 20.9. The Morgan fingerprint density at radius 2 is 1.05 bits per heavy atom. The second-order valence-electron chi connectivity index (χ2n) is 9.30. The highest BCUT2D eigenvalue weighted by molar-refractivity contribution is 5.97. The number of anilines is 2. The monoisotopic (exact) mass is 497 g/mol. The van der Waals surface area contributed by atoms with Crippen LogP contribution < -0.4 is 4.90 Å². The van der Waals surface area contributed by atoms with Crippen molar-refractivity contribution in [2.24, 2.45) is 0 Å². The lowest BCUT2D eigenvalue weighted by Crippen LogP contribution is -2.14. The molecule has 0 amide bonds. The van der Waals surface area contributed by atoms with Crippen molar-refractivity contribution in [2.75, 3.05) is 11.9 Å². The van der Waals surface area contributed by atoms with E-state index < -0.39 is 11.6 Å². The summed E-state index contributed by atoms with van der Waals surface area (Å²) in [5.41, 5.74) is 5.65. The number of hydrogen-bond donors (Lipinski definition) is 0. The molecule has 1 nitrogen and oxygen atoms in total. The van der Waals surface area contributed by atoms with Gasteiger partial charge in [0.25, 0.3) is 0 Å². The smallest absolute Gasteiger partial charge is 0.155 e. The average molecular weight is 498 g/mol. The van der Waals surface area contributed by atoms with Gasteiger partial charge in [0.05, 0.1) is 11.4 Å². The van der Waals surface area contributed by atoms with E-state index in [1.54, 1.807) is 36.2 Å². The van der Waals surface area contributed by atoms with E-state index in [0.29, 0.717) is 22.5 Å². The highest BCUT2D eigenvalue weighted by Crippen LogP contribution is 2.42. The largest absolute Gasteiger partial charge is 0.339 e. The summed E-state index contributed by atoms with van der Waals surface area (Å²) in [4.78, 5) is 1.60. The molecule has 0 unspecified atom stereocenters. The summed E-state index contributed by atoms with van der Waals surface area (Å²) in [5, 5.41) is 2.36. The quantitative estimate of drug-likeness (QED) is 0.229. The van der Waals surface area contributed by atoms with Crippen molar-refractivity contribution in [3.63, 3.8) is 0 Å². The molecule has 0 radical (unpaired) electrons. The van der Waals surface area contributed by atoms with Gasteiger partial charge in [0.15, 0.2) is 5.82 Å². The van der Waals surface area contributed by atoms with Crippen LogP contribution in [0.5, 0.6) is 0 Å². The molecule has 0 aliphatic rings. The van der Waals surface area contributed by atoms with E-state index in [4.69, 9.17) is 0 Å². The number of rotatable bonds is 5. The van der Waals surface area contributed by atoms with E-state index in [9.17, 15) is 4.39 Å². The van der Waals surface area contributed by atoms with Crippen molar-refractivity contribution in [1.82, 2.24) is 0 Å². The van der Waals surface area contributed by atoms with Gasteiger partial charge >= 0.3 is 0 Å². The molecule has 0 aliphatic heterocycles. The maximum Gasteiger partial charge on any atom is 0.155 e. The predicted molar refractivity (Wildman–Crippen MR) is 155 cm³/mol. The first-order chi connectivity index (χ1) is 18.6. The van der Waals surface area contributed by atoms with E-state index in [1.165, 1.54) is 16.8 Å². The van der Waals surface area contributed by atoms with Crippen molar-refractivity contribution >= 4 is 22.1 Å². The molecule has 184 valence electrons. The van der Waals surface area contributed by atoms with Crippen LogP contribution in [0.25, 0.3) is 44.2 Å². The van der Waals surface area contributed by atoms with E-state index in [0.717, 1.165) is 22.3 Å². The number of nitrogens with zero attached hydrogens (tertiary/aromatic N) is 1. The van der Waals surface area contributed by atoms with Crippen molar-refractivity contribution in [1.29, 1.82) is 0 Å². The summed E-state index contributed by atoms with van der Waals surface area (Å²) < 4.78 is 31.1. The van der Waals surface area contributed by atoms with E-state index >= 15 is 4.39 Å². The lowest BCUT2D eigenvalue weighted by Gasteiger charge is -2.25. The van der Waals surface area contributed by atoms with Gasteiger partial charge in [-0.1, -0.05) is 121 Å². The standard InChI is InChI=1S/C35H25F2N/c1-38(33-17-8-7-16-32(33)36)35-31(23-22-30(34(35)37)25-10-3-2-4-11-25)27-20-18-26(19-21-27)29-15-9-13-24-12-5-6-14-28(24)29/h2-23H,1H3. The van der Waals surface area contributed by atoms with Gasteiger partial charge in [-0.05, 0) is 45.2 Å². The van der Waals surface area contributed by atoms with Gasteiger partial charge < -0.3 is 4.90 Å². The summed E-state index contributed by atoms with van der Waals surface area (Å²) in [6, 6.07) is 42.3. The van der Waals surface area contributed by atoms with Gasteiger partial charge in [-0.15, -0.1) is 0 Å². The Morgan fingerprint density at radius 3 is 1.82 bits per heavy atom. The molecule has 0 atom stereocenters. The van der Waals surface area contributed by atoms with Crippen LogP contribution in [0, 0.1) is 11.6 Å². The third-order valence-corrected chi connectivity index (χ3v) is 7.05. The molecule has 0 saturated heterocycles. The van der Waals surface area contributed by atoms with E-state index in [1.807, 2.05) is 60.7 Å². The van der Waals surface area contributed by atoms with Crippen molar-refractivity contribution in [2.45, 2.75) is 0 Å². The Kier molecular flexibility index (Phi) is 6.19. The number of hydrogen-bond acceptors (Lipinski definition) is 1. The summed E-state index contributed by atoms with van der Waals surface area (Å²) in [7, 11) is 1.71. The van der Waals surface area contributed by atoms with Crippen LogP contribution in [0.1, 0.15) is 0 Å². The lowest BCUT2D eigenvalue weighted by molar-refractivity contribution is 0.619. The summed E-state index contributed by atoms with van der Waals surface area (Å²) in [6.07, 6.45) is 0. The molecule has 0 aromatic heterocycles. The van der Waals surface area contributed by atoms with Gasteiger partial charge in [0.1, 0.15) is 5.82 Å².